The molecule has 2 aliphatic rings. The van der Waals surface area contributed by atoms with Crippen LogP contribution in [0.3, 0.4) is 0 Å². The van der Waals surface area contributed by atoms with Crippen LogP contribution in [-0.2, 0) is 4.79 Å². The highest BCUT2D eigenvalue weighted by atomic mass is 35.5. The number of aromatic nitrogens is 1. The first-order chi connectivity index (χ1) is 17.4. The monoisotopic (exact) mass is 503 g/mol. The number of carbonyl (C=O) groups excluding carboxylic acids is 2. The van der Waals surface area contributed by atoms with E-state index in [9.17, 15) is 9.59 Å². The van der Waals surface area contributed by atoms with Crippen LogP contribution in [0.15, 0.2) is 54.6 Å². The molecule has 1 aliphatic carbocycles. The van der Waals surface area contributed by atoms with Crippen LogP contribution in [0.25, 0.3) is 16.9 Å². The van der Waals surface area contributed by atoms with Crippen molar-refractivity contribution in [2.75, 3.05) is 26.2 Å². The molecule has 1 aromatic heterocycles. The maximum Gasteiger partial charge on any atom is 0.255 e. The third kappa shape index (κ3) is 4.81. The Kier molecular flexibility index (Phi) is 7.20. The molecule has 2 fully saturated rings. The number of carbonyl (C=O) groups is 2. The molecule has 1 aliphatic heterocycles. The first kappa shape index (κ1) is 24.6. The van der Waals surface area contributed by atoms with Gasteiger partial charge < -0.3 is 14.4 Å². The Morgan fingerprint density at radius 3 is 2.14 bits per heavy atom. The molecule has 1 saturated carbocycles. The van der Waals surface area contributed by atoms with E-state index in [1.807, 2.05) is 59.2 Å². The summed E-state index contributed by atoms with van der Waals surface area (Å²) in [5, 5.41) is 0.682. The Balaban J connectivity index is 1.41. The quantitative estimate of drug-likeness (QED) is 0.420. The maximum atomic E-state index is 13.8. The molecule has 3 aromatic rings. The molecule has 0 radical (unpaired) electrons. The molecule has 2 heterocycles. The predicted octanol–water partition coefficient (Wildman–Crippen LogP) is 6.28. The van der Waals surface area contributed by atoms with Gasteiger partial charge in [-0.15, -0.1) is 0 Å². The van der Waals surface area contributed by atoms with Crippen molar-refractivity contribution in [3.63, 3.8) is 0 Å². The van der Waals surface area contributed by atoms with Crippen molar-refractivity contribution >= 4 is 23.4 Å². The van der Waals surface area contributed by atoms with E-state index < -0.39 is 0 Å². The summed E-state index contributed by atoms with van der Waals surface area (Å²) in [7, 11) is 0. The minimum Gasteiger partial charge on any atom is -0.339 e. The van der Waals surface area contributed by atoms with E-state index >= 15 is 0 Å². The highest BCUT2D eigenvalue weighted by Crippen LogP contribution is 2.32. The number of aryl methyl sites for hydroxylation is 1. The summed E-state index contributed by atoms with van der Waals surface area (Å²) >= 11 is 6.16. The zero-order valence-corrected chi connectivity index (χ0v) is 21.9. The van der Waals surface area contributed by atoms with Gasteiger partial charge in [-0.3, -0.25) is 9.59 Å². The molecular weight excluding hydrogens is 470 g/mol. The minimum absolute atomic E-state index is 0.0276. The van der Waals surface area contributed by atoms with Crippen molar-refractivity contribution in [1.82, 2.24) is 14.4 Å². The molecule has 5 rings (SSSR count). The van der Waals surface area contributed by atoms with Crippen molar-refractivity contribution in [3.05, 3.63) is 76.4 Å². The highest BCUT2D eigenvalue weighted by molar-refractivity contribution is 6.30. The van der Waals surface area contributed by atoms with Crippen LogP contribution in [0.1, 0.15) is 53.7 Å². The van der Waals surface area contributed by atoms with Crippen LogP contribution in [-0.4, -0.2) is 52.4 Å². The molecule has 0 unspecified atom stereocenters. The van der Waals surface area contributed by atoms with E-state index in [0.29, 0.717) is 36.8 Å². The van der Waals surface area contributed by atoms with E-state index in [2.05, 4.69) is 23.6 Å². The molecule has 6 heteroatoms. The Bertz CT molecular complexity index is 1250. The average Bonchev–Trinajstić information content (AvgIpc) is 3.25. The third-order valence-electron chi connectivity index (χ3n) is 7.81. The molecule has 2 aromatic carbocycles. The first-order valence-electron chi connectivity index (χ1n) is 13.1. The van der Waals surface area contributed by atoms with Crippen molar-refractivity contribution in [1.29, 1.82) is 0 Å². The second-order valence-electron chi connectivity index (χ2n) is 10.1. The molecule has 0 N–H and O–H groups in total. The van der Waals surface area contributed by atoms with E-state index in [4.69, 9.17) is 11.6 Å². The lowest BCUT2D eigenvalue weighted by molar-refractivity contribution is -0.138. The lowest BCUT2D eigenvalue weighted by Gasteiger charge is -2.37. The van der Waals surface area contributed by atoms with Crippen LogP contribution in [0.4, 0.5) is 0 Å². The Labute approximate surface area is 218 Å². The second-order valence-corrected chi connectivity index (χ2v) is 10.5. The largest absolute Gasteiger partial charge is 0.339 e. The van der Waals surface area contributed by atoms with Crippen molar-refractivity contribution < 1.29 is 9.59 Å². The molecule has 188 valence electrons. The number of benzene rings is 2. The molecule has 5 nitrogen and oxygen atoms in total. The van der Waals surface area contributed by atoms with Gasteiger partial charge in [0.25, 0.3) is 5.91 Å². The zero-order valence-electron chi connectivity index (χ0n) is 21.2. The summed E-state index contributed by atoms with van der Waals surface area (Å²) < 4.78 is 2.18. The van der Waals surface area contributed by atoms with Gasteiger partial charge in [0.05, 0.1) is 11.3 Å². The zero-order chi connectivity index (χ0) is 25.2. The van der Waals surface area contributed by atoms with Gasteiger partial charge in [0.1, 0.15) is 0 Å². The van der Waals surface area contributed by atoms with Gasteiger partial charge in [0.2, 0.25) is 5.91 Å². The fourth-order valence-corrected chi connectivity index (χ4v) is 5.82. The number of halogens is 1. The minimum atomic E-state index is 0.0276. The summed E-state index contributed by atoms with van der Waals surface area (Å²) in [6.07, 6.45) is 5.57. The summed E-state index contributed by atoms with van der Waals surface area (Å²) in [6, 6.07) is 18.0. The van der Waals surface area contributed by atoms with Gasteiger partial charge >= 0.3 is 0 Å². The molecule has 0 bridgehead atoms. The van der Waals surface area contributed by atoms with Crippen LogP contribution < -0.4 is 0 Å². The van der Waals surface area contributed by atoms with Gasteiger partial charge in [-0.1, -0.05) is 61.2 Å². The number of para-hydroxylation sites is 1. The number of amides is 2. The summed E-state index contributed by atoms with van der Waals surface area (Å²) in [5.74, 6) is 0.488. The molecule has 0 atom stereocenters. The summed E-state index contributed by atoms with van der Waals surface area (Å²) in [5.41, 5.74) is 5.79. The van der Waals surface area contributed by atoms with E-state index in [0.717, 1.165) is 53.9 Å². The van der Waals surface area contributed by atoms with Gasteiger partial charge in [-0.25, -0.2) is 0 Å². The van der Waals surface area contributed by atoms with Gasteiger partial charge in [-0.05, 0) is 62.1 Å². The van der Waals surface area contributed by atoms with Crippen molar-refractivity contribution in [2.45, 2.75) is 46.0 Å². The lowest BCUT2D eigenvalue weighted by atomic mass is 9.88. The molecule has 0 spiro atoms. The number of hydrogen-bond acceptors (Lipinski definition) is 2. The Hall–Kier alpha value is -3.05. The fraction of sp³-hybridized carbons (Fsp3) is 0.400. The molecular formula is C30H34ClN3O2. The standard InChI is InChI=1S/C30H34ClN3O2/c1-21-8-6-7-11-27(21)34-22(2)26(20-28(34)23-12-14-25(31)15-13-23)30(36)33-18-16-32(17-19-33)29(35)24-9-4-3-5-10-24/h6-8,11-15,20,24H,3-5,9-10,16-19H2,1-2H3. The molecule has 1 saturated heterocycles. The Morgan fingerprint density at radius 1 is 0.833 bits per heavy atom. The molecule has 36 heavy (non-hydrogen) atoms. The second kappa shape index (κ2) is 10.5. The Morgan fingerprint density at radius 2 is 1.47 bits per heavy atom. The van der Waals surface area contributed by atoms with E-state index in [1.165, 1.54) is 6.42 Å². The number of hydrogen-bond donors (Lipinski definition) is 0. The fourth-order valence-electron chi connectivity index (χ4n) is 5.69. The van der Waals surface area contributed by atoms with Crippen molar-refractivity contribution in [2.24, 2.45) is 5.92 Å². The topological polar surface area (TPSA) is 45.6 Å². The number of piperazine rings is 1. The summed E-state index contributed by atoms with van der Waals surface area (Å²) in [6.45, 7) is 6.48. The normalized spacial score (nSPS) is 16.9. The third-order valence-corrected chi connectivity index (χ3v) is 8.06. The van der Waals surface area contributed by atoms with Crippen LogP contribution in [0.2, 0.25) is 5.02 Å². The van der Waals surface area contributed by atoms with Crippen LogP contribution in [0, 0.1) is 19.8 Å². The van der Waals surface area contributed by atoms with Crippen LogP contribution in [0.5, 0.6) is 0 Å². The lowest BCUT2D eigenvalue weighted by Crippen LogP contribution is -2.52. The average molecular weight is 504 g/mol. The summed E-state index contributed by atoms with van der Waals surface area (Å²) in [4.78, 5) is 30.6. The number of nitrogens with zero attached hydrogens (tertiary/aromatic N) is 3. The van der Waals surface area contributed by atoms with Gasteiger partial charge in [0, 0.05) is 48.5 Å². The predicted molar refractivity (Wildman–Crippen MR) is 145 cm³/mol. The van der Waals surface area contributed by atoms with Crippen molar-refractivity contribution in [3.8, 4) is 16.9 Å². The highest BCUT2D eigenvalue weighted by Gasteiger charge is 2.31. The van der Waals surface area contributed by atoms with Gasteiger partial charge in [-0.2, -0.15) is 0 Å². The van der Waals surface area contributed by atoms with E-state index in [1.54, 1.807) is 0 Å². The SMILES string of the molecule is Cc1ccccc1-n1c(-c2ccc(Cl)cc2)cc(C(=O)N2CCN(C(=O)C3CCCCC3)CC2)c1C. The van der Waals surface area contributed by atoms with Gasteiger partial charge in [0.15, 0.2) is 0 Å². The smallest absolute Gasteiger partial charge is 0.255 e. The van der Waals surface area contributed by atoms with E-state index in [-0.39, 0.29) is 17.7 Å². The maximum absolute atomic E-state index is 13.8. The molecule has 2 amide bonds. The number of rotatable bonds is 4. The first-order valence-corrected chi connectivity index (χ1v) is 13.4. The van der Waals surface area contributed by atoms with Crippen LogP contribution >= 0.6 is 11.6 Å².